The SMILES string of the molecule is Cc1nc([C@@H]2OC(CO)[C@H](O)[C@H](n3cc(-c4cc(F)c(Cl)c(F)c4)cn3)C2O)n(-c2cc(Cl)cnc2C2CC2)n1. The number of aliphatic hydroxyl groups is 3. The summed E-state index contributed by atoms with van der Waals surface area (Å²) in [5.74, 6) is -1.02. The molecular weight excluding hydrogens is 569 g/mol. The lowest BCUT2D eigenvalue weighted by Gasteiger charge is -2.41. The molecule has 6 rings (SSSR count). The van der Waals surface area contributed by atoms with E-state index in [0.717, 1.165) is 30.7 Å². The maximum atomic E-state index is 14.1. The first-order valence-electron chi connectivity index (χ1n) is 12.6. The van der Waals surface area contributed by atoms with E-state index < -0.39 is 53.7 Å². The smallest absolute Gasteiger partial charge is 0.164 e. The first-order chi connectivity index (χ1) is 19.2. The lowest BCUT2D eigenvalue weighted by atomic mass is 9.92. The number of hydrogen-bond donors (Lipinski definition) is 3. The van der Waals surface area contributed by atoms with Crippen LogP contribution in [0.1, 0.15) is 48.2 Å². The van der Waals surface area contributed by atoms with Crippen molar-refractivity contribution in [3.8, 4) is 16.8 Å². The zero-order valence-electron chi connectivity index (χ0n) is 21.0. The van der Waals surface area contributed by atoms with Gasteiger partial charge < -0.3 is 20.1 Å². The Kier molecular flexibility index (Phi) is 7.09. The maximum Gasteiger partial charge on any atom is 0.164 e. The summed E-state index contributed by atoms with van der Waals surface area (Å²) in [6, 6.07) is 2.71. The Morgan fingerprint density at radius 3 is 2.45 bits per heavy atom. The zero-order chi connectivity index (χ0) is 28.3. The largest absolute Gasteiger partial charge is 0.394 e. The molecule has 0 bridgehead atoms. The highest BCUT2D eigenvalue weighted by Gasteiger charge is 2.48. The number of ether oxygens (including phenoxy) is 1. The van der Waals surface area contributed by atoms with Crippen LogP contribution in [0.3, 0.4) is 0 Å². The normalized spacial score (nSPS) is 24.9. The van der Waals surface area contributed by atoms with E-state index in [1.165, 1.54) is 21.8 Å². The number of aryl methyl sites for hydroxylation is 1. The van der Waals surface area contributed by atoms with E-state index in [4.69, 9.17) is 27.9 Å². The number of halogens is 4. The van der Waals surface area contributed by atoms with Gasteiger partial charge in [0.2, 0.25) is 0 Å². The maximum absolute atomic E-state index is 14.1. The predicted octanol–water partition coefficient (Wildman–Crippen LogP) is 3.69. The summed E-state index contributed by atoms with van der Waals surface area (Å²) < 4.78 is 36.9. The number of hydrogen-bond acceptors (Lipinski definition) is 8. The summed E-state index contributed by atoms with van der Waals surface area (Å²) in [4.78, 5) is 9.03. The Morgan fingerprint density at radius 1 is 1.05 bits per heavy atom. The van der Waals surface area contributed by atoms with Gasteiger partial charge in [0.25, 0.3) is 0 Å². The third kappa shape index (κ3) is 4.78. The first kappa shape index (κ1) is 27.2. The summed E-state index contributed by atoms with van der Waals surface area (Å²) in [6.07, 6.45) is 1.17. The van der Waals surface area contributed by atoms with Crippen molar-refractivity contribution in [2.75, 3.05) is 6.61 Å². The molecule has 1 saturated heterocycles. The molecular formula is C26H24Cl2F2N6O4. The summed E-state index contributed by atoms with van der Waals surface area (Å²) in [5, 5.41) is 41.2. The van der Waals surface area contributed by atoms with Crippen LogP contribution in [-0.4, -0.2) is 69.8 Å². The van der Waals surface area contributed by atoms with Crippen molar-refractivity contribution < 1.29 is 28.8 Å². The van der Waals surface area contributed by atoms with Gasteiger partial charge in [-0.15, -0.1) is 0 Å². The molecule has 4 heterocycles. The molecule has 0 amide bonds. The second-order valence-corrected chi connectivity index (χ2v) is 10.8. The fourth-order valence-corrected chi connectivity index (χ4v) is 5.33. The van der Waals surface area contributed by atoms with Crippen molar-refractivity contribution >= 4 is 23.2 Å². The Labute approximate surface area is 236 Å². The van der Waals surface area contributed by atoms with Crippen LogP contribution < -0.4 is 0 Å². The predicted molar refractivity (Wildman–Crippen MR) is 139 cm³/mol. The van der Waals surface area contributed by atoms with Crippen molar-refractivity contribution in [3.05, 3.63) is 75.8 Å². The second-order valence-electron chi connectivity index (χ2n) is 9.97. The number of nitrogens with zero attached hydrogens (tertiary/aromatic N) is 6. The second kappa shape index (κ2) is 10.4. The number of aromatic nitrogens is 6. The van der Waals surface area contributed by atoms with Gasteiger partial charge in [0.15, 0.2) is 5.82 Å². The minimum atomic E-state index is -1.43. The topological polar surface area (TPSA) is 131 Å². The molecule has 1 aliphatic carbocycles. The highest BCUT2D eigenvalue weighted by molar-refractivity contribution is 6.31. The molecule has 3 N–H and O–H groups in total. The minimum Gasteiger partial charge on any atom is -0.394 e. The molecule has 4 aromatic rings. The molecule has 10 nitrogen and oxygen atoms in total. The van der Waals surface area contributed by atoms with E-state index >= 15 is 0 Å². The van der Waals surface area contributed by atoms with E-state index in [1.54, 1.807) is 19.2 Å². The monoisotopic (exact) mass is 592 g/mol. The Balaban J connectivity index is 1.40. The number of pyridine rings is 1. The molecule has 2 unspecified atom stereocenters. The van der Waals surface area contributed by atoms with Crippen LogP contribution in [0, 0.1) is 18.6 Å². The highest BCUT2D eigenvalue weighted by Crippen LogP contribution is 2.44. The van der Waals surface area contributed by atoms with Crippen LogP contribution in [0.4, 0.5) is 8.78 Å². The van der Waals surface area contributed by atoms with E-state index in [-0.39, 0.29) is 17.3 Å². The van der Waals surface area contributed by atoms with Crippen LogP contribution in [0.25, 0.3) is 16.8 Å². The molecule has 1 aromatic carbocycles. The lowest BCUT2D eigenvalue weighted by molar-refractivity contribution is -0.210. The van der Waals surface area contributed by atoms with Gasteiger partial charge >= 0.3 is 0 Å². The van der Waals surface area contributed by atoms with E-state index in [0.29, 0.717) is 22.1 Å². The molecule has 0 radical (unpaired) electrons. The van der Waals surface area contributed by atoms with E-state index in [9.17, 15) is 24.1 Å². The standard InChI is InChI=1S/C26H24Cl2F2N6O4/c1-11-33-26(36(34-11)18-6-15(27)8-31-21(18)12-2-3-12)25-24(39)22(23(38)19(10-37)40-25)35-9-14(7-32-35)13-4-16(29)20(28)17(30)5-13/h4-9,12,19,22-25,37-39H,2-3,10H2,1H3/t19?,22-,23-,24?,25+/m0/s1. The third-order valence-corrected chi connectivity index (χ3v) is 7.73. The van der Waals surface area contributed by atoms with Gasteiger partial charge in [-0.3, -0.25) is 9.67 Å². The molecule has 1 aliphatic heterocycles. The zero-order valence-corrected chi connectivity index (χ0v) is 22.5. The third-order valence-electron chi connectivity index (χ3n) is 7.17. The van der Waals surface area contributed by atoms with Gasteiger partial charge in [-0.05, 0) is 43.5 Å². The van der Waals surface area contributed by atoms with Crippen LogP contribution in [0.2, 0.25) is 10.0 Å². The number of rotatable bonds is 6. The molecule has 1 saturated carbocycles. The van der Waals surface area contributed by atoms with Crippen molar-refractivity contribution in [1.82, 2.24) is 29.5 Å². The van der Waals surface area contributed by atoms with Crippen molar-refractivity contribution in [1.29, 1.82) is 0 Å². The Morgan fingerprint density at radius 2 is 1.77 bits per heavy atom. The quantitative estimate of drug-likeness (QED) is 0.289. The van der Waals surface area contributed by atoms with Crippen molar-refractivity contribution in [2.45, 2.75) is 56.1 Å². The molecule has 5 atom stereocenters. The van der Waals surface area contributed by atoms with Crippen LogP contribution >= 0.6 is 23.2 Å². The Bertz CT molecular complexity index is 1560. The molecule has 40 heavy (non-hydrogen) atoms. The molecule has 2 fully saturated rings. The summed E-state index contributed by atoms with van der Waals surface area (Å²) in [7, 11) is 0. The molecule has 14 heteroatoms. The summed E-state index contributed by atoms with van der Waals surface area (Å²) >= 11 is 11.9. The number of aliphatic hydroxyl groups excluding tert-OH is 3. The first-order valence-corrected chi connectivity index (χ1v) is 13.3. The van der Waals surface area contributed by atoms with Gasteiger partial charge in [0.1, 0.15) is 52.9 Å². The average Bonchev–Trinajstić information content (AvgIpc) is 3.52. The summed E-state index contributed by atoms with van der Waals surface area (Å²) in [6.45, 7) is 1.12. The van der Waals surface area contributed by atoms with Gasteiger partial charge in [-0.2, -0.15) is 10.2 Å². The van der Waals surface area contributed by atoms with Crippen LogP contribution in [0.5, 0.6) is 0 Å². The fraction of sp³-hybridized carbons (Fsp3) is 0.385. The van der Waals surface area contributed by atoms with Gasteiger partial charge in [-0.1, -0.05) is 23.2 Å². The van der Waals surface area contributed by atoms with Gasteiger partial charge in [-0.25, -0.2) is 18.4 Å². The summed E-state index contributed by atoms with van der Waals surface area (Å²) in [5.41, 5.74) is 1.86. The van der Waals surface area contributed by atoms with Gasteiger partial charge in [0, 0.05) is 23.9 Å². The van der Waals surface area contributed by atoms with E-state index in [2.05, 4.69) is 20.2 Å². The molecule has 0 spiro atoms. The van der Waals surface area contributed by atoms with Crippen LogP contribution in [-0.2, 0) is 4.74 Å². The Hall–Kier alpha value is -3.00. The lowest BCUT2D eigenvalue weighted by Crippen LogP contribution is -2.53. The number of benzene rings is 1. The minimum absolute atomic E-state index is 0.161. The molecule has 2 aliphatic rings. The fourth-order valence-electron chi connectivity index (χ4n) is 5.07. The molecule has 3 aromatic heterocycles. The molecule has 210 valence electrons. The van der Waals surface area contributed by atoms with Crippen LogP contribution in [0.15, 0.2) is 36.8 Å². The van der Waals surface area contributed by atoms with Crippen molar-refractivity contribution in [3.63, 3.8) is 0 Å². The van der Waals surface area contributed by atoms with Crippen molar-refractivity contribution in [2.24, 2.45) is 0 Å². The van der Waals surface area contributed by atoms with E-state index in [1.807, 2.05) is 0 Å². The average molecular weight is 593 g/mol. The highest BCUT2D eigenvalue weighted by atomic mass is 35.5. The van der Waals surface area contributed by atoms with Gasteiger partial charge in [0.05, 0.1) is 29.2 Å².